The Morgan fingerprint density at radius 2 is 2.21 bits per heavy atom. The van der Waals surface area contributed by atoms with Crippen LogP contribution in [-0.4, -0.2) is 24.7 Å². The second kappa shape index (κ2) is 6.32. The van der Waals surface area contributed by atoms with Crippen molar-refractivity contribution in [3.63, 3.8) is 0 Å². The molecule has 1 atom stereocenters. The third-order valence-electron chi connectivity index (χ3n) is 3.48. The van der Waals surface area contributed by atoms with Gasteiger partial charge in [0, 0.05) is 12.4 Å². The third kappa shape index (κ3) is 3.14. The molecule has 0 radical (unpaired) electrons. The van der Waals surface area contributed by atoms with Crippen molar-refractivity contribution >= 4 is 17.5 Å². The Hall–Kier alpha value is -3.49. The highest BCUT2D eigenvalue weighted by atomic mass is 16.6. The molecule has 0 spiro atoms. The minimum atomic E-state index is -0.615. The van der Waals surface area contributed by atoms with Gasteiger partial charge in [0.15, 0.2) is 0 Å². The number of nitrogens with zero attached hydrogens (tertiary/aromatic N) is 5. The van der Waals surface area contributed by atoms with E-state index in [0.717, 1.165) is 17.4 Å². The van der Waals surface area contributed by atoms with Gasteiger partial charge in [-0.3, -0.25) is 10.1 Å². The van der Waals surface area contributed by atoms with Crippen LogP contribution >= 0.6 is 0 Å². The molecule has 122 valence electrons. The highest BCUT2D eigenvalue weighted by Gasteiger charge is 2.15. The van der Waals surface area contributed by atoms with Gasteiger partial charge in [-0.2, -0.15) is 10.1 Å². The predicted molar refractivity (Wildman–Crippen MR) is 88.7 cm³/mol. The number of nitrogens with two attached hydrogens (primary N) is 1. The van der Waals surface area contributed by atoms with Crippen LogP contribution in [0.25, 0.3) is 5.69 Å². The van der Waals surface area contributed by atoms with Crippen molar-refractivity contribution in [2.45, 2.75) is 13.0 Å². The van der Waals surface area contributed by atoms with Crippen LogP contribution in [0, 0.1) is 10.1 Å². The first-order valence-corrected chi connectivity index (χ1v) is 7.18. The van der Waals surface area contributed by atoms with Crippen molar-refractivity contribution in [1.82, 2.24) is 19.7 Å². The quantitative estimate of drug-likeness (QED) is 0.544. The van der Waals surface area contributed by atoms with Crippen molar-refractivity contribution in [3.8, 4) is 5.69 Å². The van der Waals surface area contributed by atoms with Gasteiger partial charge < -0.3 is 11.1 Å². The lowest BCUT2D eigenvalue weighted by Gasteiger charge is -2.15. The first-order valence-electron chi connectivity index (χ1n) is 7.18. The summed E-state index contributed by atoms with van der Waals surface area (Å²) in [6.07, 6.45) is 4.66. The van der Waals surface area contributed by atoms with Crippen LogP contribution < -0.4 is 11.1 Å². The maximum Gasteiger partial charge on any atom is 0.329 e. The lowest BCUT2D eigenvalue weighted by atomic mass is 10.1. The van der Waals surface area contributed by atoms with Gasteiger partial charge in [-0.25, -0.2) is 9.67 Å². The van der Waals surface area contributed by atoms with Crippen molar-refractivity contribution in [2.24, 2.45) is 0 Å². The fourth-order valence-corrected chi connectivity index (χ4v) is 2.23. The molecule has 2 aromatic heterocycles. The van der Waals surface area contributed by atoms with E-state index in [2.05, 4.69) is 20.4 Å². The number of nitro groups is 1. The zero-order valence-corrected chi connectivity index (χ0v) is 12.8. The van der Waals surface area contributed by atoms with Gasteiger partial charge in [-0.1, -0.05) is 12.1 Å². The Morgan fingerprint density at radius 3 is 2.88 bits per heavy atom. The van der Waals surface area contributed by atoms with Gasteiger partial charge in [0.1, 0.15) is 6.20 Å². The second-order valence-corrected chi connectivity index (χ2v) is 5.13. The Bertz CT molecular complexity index is 864. The Kier molecular flexibility index (Phi) is 4.06. The fourth-order valence-electron chi connectivity index (χ4n) is 2.23. The molecular weight excluding hydrogens is 310 g/mol. The summed E-state index contributed by atoms with van der Waals surface area (Å²) >= 11 is 0. The SMILES string of the molecule is C[C@@H](Nc1ncc([N+](=O)[O-])c(N)n1)c1cccc(-n2cccn2)c1. The average Bonchev–Trinajstić information content (AvgIpc) is 3.09. The van der Waals surface area contributed by atoms with Gasteiger partial charge in [-0.05, 0) is 30.7 Å². The highest BCUT2D eigenvalue weighted by Crippen LogP contribution is 2.22. The number of benzene rings is 1. The molecule has 3 rings (SSSR count). The highest BCUT2D eigenvalue weighted by molar-refractivity contribution is 5.53. The topological polar surface area (TPSA) is 125 Å². The molecule has 0 aliphatic heterocycles. The van der Waals surface area contributed by atoms with Crippen molar-refractivity contribution in [1.29, 1.82) is 0 Å². The molecule has 9 nitrogen and oxygen atoms in total. The van der Waals surface area contributed by atoms with E-state index in [4.69, 9.17) is 5.73 Å². The third-order valence-corrected chi connectivity index (χ3v) is 3.48. The first kappa shape index (κ1) is 15.4. The molecule has 24 heavy (non-hydrogen) atoms. The van der Waals surface area contributed by atoms with Crippen LogP contribution in [0.5, 0.6) is 0 Å². The summed E-state index contributed by atoms with van der Waals surface area (Å²) in [5, 5.41) is 18.0. The zero-order chi connectivity index (χ0) is 17.1. The van der Waals surface area contributed by atoms with Crippen LogP contribution in [-0.2, 0) is 0 Å². The van der Waals surface area contributed by atoms with E-state index in [0.29, 0.717) is 0 Å². The predicted octanol–water partition coefficient (Wildman–Crippen LogP) is 2.33. The van der Waals surface area contributed by atoms with E-state index in [1.165, 1.54) is 0 Å². The number of anilines is 2. The molecule has 0 saturated heterocycles. The van der Waals surface area contributed by atoms with Crippen molar-refractivity contribution in [3.05, 3.63) is 64.6 Å². The molecule has 0 aliphatic carbocycles. The lowest BCUT2D eigenvalue weighted by molar-refractivity contribution is -0.384. The molecule has 0 unspecified atom stereocenters. The summed E-state index contributed by atoms with van der Waals surface area (Å²) < 4.78 is 1.76. The summed E-state index contributed by atoms with van der Waals surface area (Å²) in [5.41, 5.74) is 7.18. The van der Waals surface area contributed by atoms with E-state index in [1.54, 1.807) is 10.9 Å². The van der Waals surface area contributed by atoms with Gasteiger partial charge in [-0.15, -0.1) is 0 Å². The molecule has 0 saturated carbocycles. The van der Waals surface area contributed by atoms with Gasteiger partial charge >= 0.3 is 5.69 Å². The summed E-state index contributed by atoms with van der Waals surface area (Å²) in [5.74, 6) is 0.0603. The molecule has 0 amide bonds. The van der Waals surface area contributed by atoms with Gasteiger partial charge in [0.25, 0.3) is 0 Å². The number of rotatable bonds is 5. The first-order chi connectivity index (χ1) is 11.5. The molecule has 2 heterocycles. The Labute approximate surface area is 137 Å². The lowest BCUT2D eigenvalue weighted by Crippen LogP contribution is -2.11. The van der Waals surface area contributed by atoms with E-state index in [1.807, 2.05) is 43.5 Å². The van der Waals surface area contributed by atoms with E-state index < -0.39 is 4.92 Å². The molecule has 0 bridgehead atoms. The maximum absolute atomic E-state index is 10.7. The molecular formula is C15H15N7O2. The van der Waals surface area contributed by atoms with Crippen LogP contribution in [0.15, 0.2) is 48.9 Å². The number of nitrogen functional groups attached to an aromatic ring is 1. The van der Waals surface area contributed by atoms with E-state index in [-0.39, 0.29) is 23.5 Å². The van der Waals surface area contributed by atoms with Gasteiger partial charge in [0.2, 0.25) is 11.8 Å². The van der Waals surface area contributed by atoms with Crippen molar-refractivity contribution in [2.75, 3.05) is 11.1 Å². The maximum atomic E-state index is 10.7. The number of hydrogen-bond donors (Lipinski definition) is 2. The molecule has 3 N–H and O–H groups in total. The monoisotopic (exact) mass is 325 g/mol. The van der Waals surface area contributed by atoms with Crippen LogP contribution in [0.1, 0.15) is 18.5 Å². The van der Waals surface area contributed by atoms with Crippen LogP contribution in [0.3, 0.4) is 0 Å². The Balaban J connectivity index is 1.80. The normalized spacial score (nSPS) is 11.9. The number of hydrogen-bond acceptors (Lipinski definition) is 7. The standard InChI is InChI=1S/C15H15N7O2/c1-10(19-15-17-9-13(22(23)24)14(16)20-15)11-4-2-5-12(8-11)21-7-3-6-18-21/h2-10H,1H3,(H3,16,17,19,20)/t10-/m1/s1. The summed E-state index contributed by atoms with van der Waals surface area (Å²) in [4.78, 5) is 18.0. The molecule has 0 fully saturated rings. The molecule has 9 heteroatoms. The van der Waals surface area contributed by atoms with E-state index >= 15 is 0 Å². The summed E-state index contributed by atoms with van der Waals surface area (Å²) in [7, 11) is 0. The summed E-state index contributed by atoms with van der Waals surface area (Å²) in [6.45, 7) is 1.93. The smallest absolute Gasteiger partial charge is 0.329 e. The number of aromatic nitrogens is 4. The van der Waals surface area contributed by atoms with E-state index in [9.17, 15) is 10.1 Å². The molecule has 0 aliphatic rings. The minimum absolute atomic E-state index is 0.124. The number of nitrogens with one attached hydrogen (secondary N) is 1. The zero-order valence-electron chi connectivity index (χ0n) is 12.8. The van der Waals surface area contributed by atoms with Crippen LogP contribution in [0.4, 0.5) is 17.5 Å². The minimum Gasteiger partial charge on any atom is -0.378 e. The Morgan fingerprint density at radius 1 is 1.38 bits per heavy atom. The molecule has 3 aromatic rings. The van der Waals surface area contributed by atoms with Crippen molar-refractivity contribution < 1.29 is 4.92 Å². The summed E-state index contributed by atoms with van der Waals surface area (Å²) in [6, 6.07) is 9.54. The van der Waals surface area contributed by atoms with Gasteiger partial charge in [0.05, 0.1) is 16.7 Å². The largest absolute Gasteiger partial charge is 0.378 e. The fraction of sp³-hybridized carbons (Fsp3) is 0.133. The average molecular weight is 325 g/mol. The second-order valence-electron chi connectivity index (χ2n) is 5.13. The van der Waals surface area contributed by atoms with Crippen LogP contribution in [0.2, 0.25) is 0 Å². The molecule has 1 aromatic carbocycles.